The molecule has 0 saturated carbocycles. The van der Waals surface area contributed by atoms with Gasteiger partial charge in [0.2, 0.25) is 0 Å². The third kappa shape index (κ3) is 6.23. The molecule has 4 N–H and O–H groups in total. The molecule has 4 aliphatic rings. The summed E-state index contributed by atoms with van der Waals surface area (Å²) in [5, 5.41) is 17.5. The minimum atomic E-state index is 0.0821. The van der Waals surface area contributed by atoms with Crippen molar-refractivity contribution in [2.24, 2.45) is 16.8 Å². The van der Waals surface area contributed by atoms with E-state index >= 15 is 0 Å². The zero-order chi connectivity index (χ0) is 24.7. The number of aryl methyl sites for hydroxylation is 1. The van der Waals surface area contributed by atoms with Gasteiger partial charge < -0.3 is 20.7 Å². The summed E-state index contributed by atoms with van der Waals surface area (Å²) in [6, 6.07) is 5.54. The second kappa shape index (κ2) is 11.8. The standard InChI is InChI=1S/C15H20N2O.C15H18N2O/c2*18-13-3-4-15-14(9-13)12(10-17-15)2-1-11-5-7-16-8-6-11/h3-4,9-11,16-18H,1-2,5-8H2;3-4,9-11,16H,1-2,5-8H2. The predicted octanol–water partition coefficient (Wildman–Crippen LogP) is 4.98. The monoisotopic (exact) mass is 486 g/mol. The first-order valence-electron chi connectivity index (χ1n) is 13.6. The van der Waals surface area contributed by atoms with Crippen molar-refractivity contribution in [3.05, 3.63) is 65.5 Å². The third-order valence-electron chi connectivity index (χ3n) is 7.99. The number of hydrogen-bond donors (Lipinski definition) is 4. The van der Waals surface area contributed by atoms with Crippen molar-refractivity contribution in [3.8, 4) is 5.75 Å². The van der Waals surface area contributed by atoms with Crippen molar-refractivity contribution in [2.75, 3.05) is 26.2 Å². The molecular formula is C30H38N4O2. The van der Waals surface area contributed by atoms with Gasteiger partial charge >= 0.3 is 0 Å². The zero-order valence-electron chi connectivity index (χ0n) is 21.1. The second-order valence-electron chi connectivity index (χ2n) is 10.5. The maximum absolute atomic E-state index is 11.4. The Morgan fingerprint density at radius 3 is 2.33 bits per heavy atom. The summed E-state index contributed by atoms with van der Waals surface area (Å²) in [5.74, 6) is 2.11. The molecule has 190 valence electrons. The summed E-state index contributed by atoms with van der Waals surface area (Å²) in [5.41, 5.74) is 5.69. The van der Waals surface area contributed by atoms with Crippen LogP contribution < -0.4 is 10.6 Å². The minimum Gasteiger partial charge on any atom is -0.508 e. The lowest BCUT2D eigenvalue weighted by Gasteiger charge is -2.22. The van der Waals surface area contributed by atoms with Crippen molar-refractivity contribution in [1.29, 1.82) is 0 Å². The number of aromatic hydroxyl groups is 1. The van der Waals surface area contributed by atoms with Crippen molar-refractivity contribution in [2.45, 2.75) is 51.4 Å². The average Bonchev–Trinajstić information content (AvgIpc) is 3.51. The number of phenolic OH excluding ortho intramolecular Hbond substituents is 1. The highest BCUT2D eigenvalue weighted by Crippen LogP contribution is 2.30. The molecule has 36 heavy (non-hydrogen) atoms. The summed E-state index contributed by atoms with van der Waals surface area (Å²) in [6.45, 7) is 4.63. The normalized spacial score (nSPS) is 20.4. The van der Waals surface area contributed by atoms with Crippen LogP contribution >= 0.6 is 0 Å². The van der Waals surface area contributed by atoms with Crippen molar-refractivity contribution in [1.82, 2.24) is 15.6 Å². The molecular weight excluding hydrogens is 448 g/mol. The first-order chi connectivity index (χ1) is 17.7. The zero-order valence-corrected chi connectivity index (χ0v) is 21.1. The minimum absolute atomic E-state index is 0.0821. The molecule has 1 aromatic heterocycles. The number of phenols is 1. The number of piperidine rings is 2. The van der Waals surface area contributed by atoms with E-state index < -0.39 is 0 Å². The second-order valence-corrected chi connectivity index (χ2v) is 10.5. The molecule has 3 aliphatic heterocycles. The Bertz CT molecular complexity index is 1190. The molecule has 6 nitrogen and oxygen atoms in total. The van der Waals surface area contributed by atoms with Crippen LogP contribution in [-0.2, 0) is 11.2 Å². The number of aromatic amines is 1. The molecule has 0 radical (unpaired) electrons. The Balaban J connectivity index is 0.000000148. The van der Waals surface area contributed by atoms with Gasteiger partial charge in [-0.2, -0.15) is 0 Å². The van der Waals surface area contributed by atoms with Crippen LogP contribution in [0.3, 0.4) is 0 Å². The topological polar surface area (TPSA) is 89.5 Å². The van der Waals surface area contributed by atoms with E-state index in [4.69, 9.17) is 0 Å². The van der Waals surface area contributed by atoms with Crippen LogP contribution in [-0.4, -0.2) is 47.8 Å². The van der Waals surface area contributed by atoms with Crippen LogP contribution in [0.5, 0.6) is 5.75 Å². The van der Waals surface area contributed by atoms with Gasteiger partial charge in [-0.25, -0.2) is 0 Å². The molecule has 2 aromatic rings. The van der Waals surface area contributed by atoms with E-state index in [0.29, 0.717) is 5.75 Å². The maximum atomic E-state index is 11.4. The molecule has 2 fully saturated rings. The fourth-order valence-corrected chi connectivity index (χ4v) is 5.73. The summed E-state index contributed by atoms with van der Waals surface area (Å²) in [6.07, 6.45) is 18.9. The number of nitrogens with one attached hydrogen (secondary N) is 3. The molecule has 0 bridgehead atoms. The number of carbonyl (C=O) groups is 1. The first-order valence-corrected chi connectivity index (χ1v) is 13.6. The van der Waals surface area contributed by atoms with Gasteiger partial charge in [0, 0.05) is 28.9 Å². The van der Waals surface area contributed by atoms with E-state index in [9.17, 15) is 9.90 Å². The van der Waals surface area contributed by atoms with Crippen LogP contribution in [0.1, 0.15) is 50.5 Å². The number of aromatic nitrogens is 1. The fourth-order valence-electron chi connectivity index (χ4n) is 5.73. The Hall–Kier alpha value is -2.96. The number of aliphatic imine (C=N–C) groups is 1. The Morgan fingerprint density at radius 1 is 0.917 bits per heavy atom. The highest BCUT2D eigenvalue weighted by Gasteiger charge is 2.21. The Labute approximate surface area is 213 Å². The summed E-state index contributed by atoms with van der Waals surface area (Å²) < 4.78 is 0. The number of rotatable bonds is 6. The fraction of sp³-hybridized carbons (Fsp3) is 0.467. The number of fused-ring (bicyclic) bond motifs is 2. The molecule has 4 heterocycles. The van der Waals surface area contributed by atoms with Gasteiger partial charge in [-0.1, -0.05) is 0 Å². The number of allylic oxidation sites excluding steroid dienone is 5. The number of benzene rings is 1. The molecule has 1 aromatic carbocycles. The third-order valence-corrected chi connectivity index (χ3v) is 7.99. The van der Waals surface area contributed by atoms with E-state index in [1.165, 1.54) is 68.1 Å². The van der Waals surface area contributed by atoms with Crippen molar-refractivity contribution < 1.29 is 9.90 Å². The lowest BCUT2D eigenvalue weighted by atomic mass is 9.88. The Kier molecular flexibility index (Phi) is 8.14. The lowest BCUT2D eigenvalue weighted by molar-refractivity contribution is -0.110. The van der Waals surface area contributed by atoms with Crippen molar-refractivity contribution in [3.63, 3.8) is 0 Å². The van der Waals surface area contributed by atoms with Crippen LogP contribution in [0.15, 0.2) is 65.0 Å². The number of ketones is 1. The molecule has 0 unspecified atom stereocenters. The van der Waals surface area contributed by atoms with Gasteiger partial charge in [-0.15, -0.1) is 0 Å². The molecule has 0 atom stereocenters. The van der Waals surface area contributed by atoms with Gasteiger partial charge in [0.05, 0.1) is 5.71 Å². The molecule has 2 saturated heterocycles. The van der Waals surface area contributed by atoms with Crippen LogP contribution in [0.4, 0.5) is 0 Å². The maximum Gasteiger partial charge on any atom is 0.179 e. The largest absolute Gasteiger partial charge is 0.508 e. The van der Waals surface area contributed by atoms with E-state index in [-0.39, 0.29) is 5.78 Å². The van der Waals surface area contributed by atoms with Gasteiger partial charge in [0.25, 0.3) is 0 Å². The first kappa shape index (κ1) is 24.7. The van der Waals surface area contributed by atoms with E-state index in [1.807, 2.05) is 24.4 Å². The summed E-state index contributed by atoms with van der Waals surface area (Å²) in [4.78, 5) is 19.1. The smallest absolute Gasteiger partial charge is 0.179 e. The molecule has 6 heteroatoms. The quantitative estimate of drug-likeness (QED) is 0.434. The van der Waals surface area contributed by atoms with Gasteiger partial charge in [0.15, 0.2) is 5.78 Å². The number of nitrogens with zero attached hydrogens (tertiary/aromatic N) is 1. The number of carbonyl (C=O) groups excluding carboxylic acids is 1. The van der Waals surface area contributed by atoms with E-state index in [0.717, 1.165) is 54.6 Å². The lowest BCUT2D eigenvalue weighted by Crippen LogP contribution is -2.27. The highest BCUT2D eigenvalue weighted by atomic mass is 16.3. The van der Waals surface area contributed by atoms with Crippen LogP contribution in [0.25, 0.3) is 10.9 Å². The number of hydrogen-bond acceptors (Lipinski definition) is 5. The Morgan fingerprint density at radius 2 is 1.61 bits per heavy atom. The van der Waals surface area contributed by atoms with Gasteiger partial charge in [-0.3, -0.25) is 9.79 Å². The molecule has 6 rings (SSSR count). The SMILES string of the molecule is O=C1C=CC2=NC=C(CCC3CCNCC3)C2=C1.Oc1ccc2[nH]cc(CCC3CCNCC3)c2c1. The van der Waals surface area contributed by atoms with Gasteiger partial charge in [-0.05, 0) is 137 Å². The van der Waals surface area contributed by atoms with E-state index in [2.05, 4.69) is 26.8 Å². The summed E-state index contributed by atoms with van der Waals surface area (Å²) in [7, 11) is 0. The van der Waals surface area contributed by atoms with Gasteiger partial charge in [0.1, 0.15) is 5.75 Å². The molecule has 0 spiro atoms. The summed E-state index contributed by atoms with van der Waals surface area (Å²) >= 11 is 0. The number of H-pyrrole nitrogens is 1. The highest BCUT2D eigenvalue weighted by molar-refractivity contribution is 6.23. The van der Waals surface area contributed by atoms with Crippen LogP contribution in [0.2, 0.25) is 0 Å². The predicted molar refractivity (Wildman–Crippen MR) is 146 cm³/mol. The molecule has 1 aliphatic carbocycles. The van der Waals surface area contributed by atoms with E-state index in [1.54, 1.807) is 18.2 Å². The van der Waals surface area contributed by atoms with Crippen molar-refractivity contribution >= 4 is 22.4 Å². The van der Waals surface area contributed by atoms with Crippen LogP contribution in [0, 0.1) is 11.8 Å². The molecule has 0 amide bonds. The average molecular weight is 487 g/mol.